The van der Waals surface area contributed by atoms with Gasteiger partial charge in [-0.1, -0.05) is 5.16 Å². The molecule has 24 heavy (non-hydrogen) atoms. The predicted molar refractivity (Wildman–Crippen MR) is 90.6 cm³/mol. The van der Waals surface area contributed by atoms with E-state index in [1.807, 2.05) is 14.0 Å². The van der Waals surface area contributed by atoms with Gasteiger partial charge in [0.2, 0.25) is 10.0 Å². The number of hydrogen-bond donors (Lipinski definition) is 3. The Balaban J connectivity index is 0.00000288. The van der Waals surface area contributed by atoms with Crippen molar-refractivity contribution in [2.45, 2.75) is 24.3 Å². The minimum atomic E-state index is -3.60. The fourth-order valence-corrected chi connectivity index (χ4v) is 2.84. The largest absolute Gasteiger partial charge is 0.383 e. The van der Waals surface area contributed by atoms with E-state index >= 15 is 0 Å². The van der Waals surface area contributed by atoms with Crippen LogP contribution in [0, 0.1) is 0 Å². The lowest BCUT2D eigenvalue weighted by Gasteiger charge is -2.04. The quantitative estimate of drug-likeness (QED) is 0.544. The van der Waals surface area contributed by atoms with E-state index in [0.29, 0.717) is 24.5 Å². The molecular weight excluding hydrogens is 358 g/mol. The summed E-state index contributed by atoms with van der Waals surface area (Å²) in [6, 6.07) is 1.67. The number of aromatic nitrogens is 3. The SMILES string of the molecule is CNC(C)Cc1noc(-c2cc(S(=O)(=O)NCCOC)c[nH]2)n1.Cl. The van der Waals surface area contributed by atoms with Gasteiger partial charge >= 0.3 is 0 Å². The summed E-state index contributed by atoms with van der Waals surface area (Å²) in [5.74, 6) is 0.806. The number of halogens is 1. The molecule has 1 atom stereocenters. The zero-order chi connectivity index (χ0) is 16.9. The van der Waals surface area contributed by atoms with Crippen molar-refractivity contribution in [3.63, 3.8) is 0 Å². The number of hydrogen-bond acceptors (Lipinski definition) is 7. The molecule has 3 N–H and O–H groups in total. The molecule has 0 fully saturated rings. The van der Waals surface area contributed by atoms with Crippen LogP contribution in [0.1, 0.15) is 12.7 Å². The van der Waals surface area contributed by atoms with Crippen LogP contribution in [0.5, 0.6) is 0 Å². The van der Waals surface area contributed by atoms with Gasteiger partial charge in [-0.05, 0) is 20.0 Å². The first kappa shape index (κ1) is 20.6. The maximum atomic E-state index is 12.1. The van der Waals surface area contributed by atoms with Crippen LogP contribution >= 0.6 is 12.4 Å². The molecule has 0 aliphatic rings. The summed E-state index contributed by atoms with van der Waals surface area (Å²) in [7, 11) is -0.241. The predicted octanol–water partition coefficient (Wildman–Crippen LogP) is 0.562. The van der Waals surface area contributed by atoms with Gasteiger partial charge in [-0.2, -0.15) is 4.98 Å². The second-order valence-corrected chi connectivity index (χ2v) is 6.82. The van der Waals surface area contributed by atoms with Gasteiger partial charge in [0.15, 0.2) is 5.82 Å². The lowest BCUT2D eigenvalue weighted by atomic mass is 10.2. The van der Waals surface area contributed by atoms with Crippen molar-refractivity contribution in [1.82, 2.24) is 25.2 Å². The maximum absolute atomic E-state index is 12.1. The third-order valence-corrected chi connectivity index (χ3v) is 4.69. The summed E-state index contributed by atoms with van der Waals surface area (Å²) in [5.41, 5.74) is 0.452. The van der Waals surface area contributed by atoms with E-state index in [1.54, 1.807) is 0 Å². The van der Waals surface area contributed by atoms with Crippen molar-refractivity contribution < 1.29 is 17.7 Å². The van der Waals surface area contributed by atoms with Crippen LogP contribution in [0.25, 0.3) is 11.6 Å². The molecular formula is C13H22ClN5O4S. The Morgan fingerprint density at radius 1 is 1.46 bits per heavy atom. The molecule has 0 spiro atoms. The van der Waals surface area contributed by atoms with Crippen LogP contribution < -0.4 is 10.0 Å². The molecule has 9 nitrogen and oxygen atoms in total. The van der Waals surface area contributed by atoms with E-state index in [1.165, 1.54) is 19.4 Å². The molecule has 0 saturated carbocycles. The van der Waals surface area contributed by atoms with E-state index in [2.05, 4.69) is 25.2 Å². The number of methoxy groups -OCH3 is 1. The lowest BCUT2D eigenvalue weighted by Crippen LogP contribution is -2.26. The fraction of sp³-hybridized carbons (Fsp3) is 0.538. The van der Waals surface area contributed by atoms with Crippen LogP contribution in [0.3, 0.4) is 0 Å². The highest BCUT2D eigenvalue weighted by atomic mass is 35.5. The van der Waals surface area contributed by atoms with E-state index in [9.17, 15) is 8.42 Å². The summed E-state index contributed by atoms with van der Waals surface area (Å²) in [6.07, 6.45) is 2.00. The zero-order valence-electron chi connectivity index (χ0n) is 13.7. The number of nitrogens with zero attached hydrogens (tertiary/aromatic N) is 2. The average molecular weight is 380 g/mol. The molecule has 0 aliphatic heterocycles. The maximum Gasteiger partial charge on any atom is 0.274 e. The van der Waals surface area contributed by atoms with Crippen molar-refractivity contribution in [3.8, 4) is 11.6 Å². The number of nitrogens with one attached hydrogen (secondary N) is 3. The average Bonchev–Trinajstić information content (AvgIpc) is 3.16. The fourth-order valence-electron chi connectivity index (χ4n) is 1.84. The van der Waals surface area contributed by atoms with E-state index in [0.717, 1.165) is 0 Å². The minimum absolute atomic E-state index is 0. The molecule has 2 rings (SSSR count). The van der Waals surface area contributed by atoms with Crippen LogP contribution in [0.2, 0.25) is 0 Å². The highest BCUT2D eigenvalue weighted by Crippen LogP contribution is 2.20. The molecule has 2 heterocycles. The Hall–Kier alpha value is -1.46. The zero-order valence-corrected chi connectivity index (χ0v) is 15.3. The summed E-state index contributed by atoms with van der Waals surface area (Å²) < 4.78 is 36.6. The van der Waals surface area contributed by atoms with E-state index in [-0.39, 0.29) is 35.8 Å². The van der Waals surface area contributed by atoms with Gasteiger partial charge in [0.05, 0.1) is 6.61 Å². The first-order chi connectivity index (χ1) is 11.0. The molecule has 0 bridgehead atoms. The van der Waals surface area contributed by atoms with Crippen LogP contribution in [0.15, 0.2) is 21.7 Å². The Bertz CT molecular complexity index is 730. The normalized spacial score (nSPS) is 12.8. The number of ether oxygens (including phenoxy) is 1. The van der Waals surface area contributed by atoms with Crippen LogP contribution in [-0.2, 0) is 21.2 Å². The number of aromatic amines is 1. The van der Waals surface area contributed by atoms with Gasteiger partial charge in [-0.25, -0.2) is 13.1 Å². The second-order valence-electron chi connectivity index (χ2n) is 5.05. The molecule has 2 aromatic rings. The highest BCUT2D eigenvalue weighted by molar-refractivity contribution is 7.89. The molecule has 11 heteroatoms. The van der Waals surface area contributed by atoms with Crippen molar-refractivity contribution in [2.75, 3.05) is 27.3 Å². The molecule has 0 saturated heterocycles. The summed E-state index contributed by atoms with van der Waals surface area (Å²) in [5, 5.41) is 6.97. The molecule has 136 valence electrons. The Labute approximate surface area is 147 Å². The van der Waals surface area contributed by atoms with Gasteiger partial charge < -0.3 is 19.6 Å². The van der Waals surface area contributed by atoms with Gasteiger partial charge in [0.25, 0.3) is 5.89 Å². The smallest absolute Gasteiger partial charge is 0.274 e. The number of likely N-dealkylation sites (N-methyl/N-ethyl adjacent to an activating group) is 1. The molecule has 0 radical (unpaired) electrons. The van der Waals surface area contributed by atoms with Crippen molar-refractivity contribution in [3.05, 3.63) is 18.1 Å². The molecule has 1 unspecified atom stereocenters. The van der Waals surface area contributed by atoms with Gasteiger partial charge in [-0.3, -0.25) is 0 Å². The summed E-state index contributed by atoms with van der Waals surface area (Å²) >= 11 is 0. The van der Waals surface area contributed by atoms with Crippen molar-refractivity contribution in [2.24, 2.45) is 0 Å². The standard InChI is InChI=1S/C13H21N5O4S.ClH/c1-9(14-2)6-12-17-13(22-18-12)11-7-10(8-15-11)23(19,20)16-4-5-21-3;/h7-9,14-16H,4-6H2,1-3H3;1H. The van der Waals surface area contributed by atoms with Gasteiger partial charge in [-0.15, -0.1) is 12.4 Å². The monoisotopic (exact) mass is 379 g/mol. The van der Waals surface area contributed by atoms with Crippen LogP contribution in [-0.4, -0.2) is 56.9 Å². The minimum Gasteiger partial charge on any atom is -0.383 e. The molecule has 0 aliphatic carbocycles. The topological polar surface area (TPSA) is 122 Å². The molecule has 0 aromatic carbocycles. The first-order valence-corrected chi connectivity index (χ1v) is 8.62. The van der Waals surface area contributed by atoms with Gasteiger partial charge in [0, 0.05) is 32.3 Å². The highest BCUT2D eigenvalue weighted by Gasteiger charge is 2.18. The van der Waals surface area contributed by atoms with Crippen LogP contribution in [0.4, 0.5) is 0 Å². The molecule has 2 aromatic heterocycles. The Kier molecular flexibility index (Phi) is 7.84. The third-order valence-electron chi connectivity index (χ3n) is 3.25. The van der Waals surface area contributed by atoms with E-state index < -0.39 is 10.0 Å². The Morgan fingerprint density at radius 2 is 2.21 bits per heavy atom. The van der Waals surface area contributed by atoms with E-state index in [4.69, 9.17) is 9.26 Å². The third kappa shape index (κ3) is 5.28. The number of H-pyrrole nitrogens is 1. The number of sulfonamides is 1. The van der Waals surface area contributed by atoms with Gasteiger partial charge in [0.1, 0.15) is 10.6 Å². The molecule has 0 amide bonds. The second kappa shape index (κ2) is 9.14. The first-order valence-electron chi connectivity index (χ1n) is 7.13. The number of rotatable bonds is 9. The van der Waals surface area contributed by atoms with Crippen molar-refractivity contribution >= 4 is 22.4 Å². The summed E-state index contributed by atoms with van der Waals surface area (Å²) in [6.45, 7) is 2.50. The van der Waals surface area contributed by atoms with Crippen molar-refractivity contribution in [1.29, 1.82) is 0 Å². The summed E-state index contributed by atoms with van der Waals surface area (Å²) in [4.78, 5) is 7.20. The Morgan fingerprint density at radius 3 is 2.88 bits per heavy atom. The lowest BCUT2D eigenvalue weighted by molar-refractivity contribution is 0.204.